The minimum atomic E-state index is -0.421. The van der Waals surface area contributed by atoms with Crippen LogP contribution in [0.5, 0.6) is 11.5 Å². The van der Waals surface area contributed by atoms with Crippen molar-refractivity contribution in [3.63, 3.8) is 0 Å². The van der Waals surface area contributed by atoms with E-state index in [4.69, 9.17) is 33.3 Å². The lowest BCUT2D eigenvalue weighted by atomic mass is 10.2. The summed E-state index contributed by atoms with van der Waals surface area (Å²) in [6, 6.07) is 8.22. The van der Waals surface area contributed by atoms with Crippen LogP contribution >= 0.6 is 39.7 Å². The SMILES string of the molecule is COc1cc(CNn2c(C)n[nH]c2=S)cc(Br)c1OCc1c(F)cccc1Cl. The third-order valence-electron chi connectivity index (χ3n) is 3.99. The molecule has 0 aliphatic carbocycles. The van der Waals surface area contributed by atoms with Gasteiger partial charge in [0.2, 0.25) is 4.77 Å². The lowest BCUT2D eigenvalue weighted by molar-refractivity contribution is 0.277. The van der Waals surface area contributed by atoms with E-state index in [1.807, 2.05) is 19.1 Å². The molecule has 1 aromatic heterocycles. The standard InChI is InChI=1S/C18H17BrClFN4O2S/c1-10-23-24-18(28)25(10)22-8-11-6-13(19)17(16(7-11)26-2)27-9-12-14(20)4-3-5-15(12)21/h3-7,22H,8-9H2,1-2H3,(H,24,28). The molecule has 6 nitrogen and oxygen atoms in total. The first kappa shape index (κ1) is 20.6. The van der Waals surface area contributed by atoms with Crippen LogP contribution in [-0.4, -0.2) is 22.0 Å². The number of nitrogens with zero attached hydrogens (tertiary/aromatic N) is 2. The summed E-state index contributed by atoms with van der Waals surface area (Å²) in [5.74, 6) is 1.27. The third-order valence-corrected chi connectivity index (χ3v) is 5.21. The summed E-state index contributed by atoms with van der Waals surface area (Å²) in [4.78, 5) is 0. The zero-order valence-electron chi connectivity index (χ0n) is 15.1. The lowest BCUT2D eigenvalue weighted by Gasteiger charge is -2.16. The van der Waals surface area contributed by atoms with Gasteiger partial charge in [-0.05, 0) is 64.9 Å². The van der Waals surface area contributed by atoms with Crippen LogP contribution in [0.15, 0.2) is 34.8 Å². The Hall–Kier alpha value is -2.10. The quantitative estimate of drug-likeness (QED) is 0.452. The number of aromatic amines is 1. The van der Waals surface area contributed by atoms with E-state index in [2.05, 4.69) is 31.6 Å². The van der Waals surface area contributed by atoms with Crippen LogP contribution in [0.3, 0.4) is 0 Å². The van der Waals surface area contributed by atoms with Crippen LogP contribution in [0.2, 0.25) is 5.02 Å². The first-order chi connectivity index (χ1) is 13.4. The minimum Gasteiger partial charge on any atom is -0.493 e. The Kier molecular flexibility index (Phi) is 6.58. The van der Waals surface area contributed by atoms with Gasteiger partial charge in [0, 0.05) is 5.56 Å². The molecule has 0 bridgehead atoms. The molecular weight excluding hydrogens is 471 g/mol. The van der Waals surface area contributed by atoms with Crippen molar-refractivity contribution in [2.24, 2.45) is 0 Å². The summed E-state index contributed by atoms with van der Waals surface area (Å²) >= 11 is 14.7. The van der Waals surface area contributed by atoms with Gasteiger partial charge in [-0.15, -0.1) is 0 Å². The van der Waals surface area contributed by atoms with Gasteiger partial charge in [0.05, 0.1) is 23.1 Å². The van der Waals surface area contributed by atoms with Crippen molar-refractivity contribution in [2.45, 2.75) is 20.1 Å². The van der Waals surface area contributed by atoms with Gasteiger partial charge in [-0.3, -0.25) is 5.10 Å². The third kappa shape index (κ3) is 4.48. The van der Waals surface area contributed by atoms with E-state index < -0.39 is 5.82 Å². The Morgan fingerprint density at radius 2 is 2.18 bits per heavy atom. The largest absolute Gasteiger partial charge is 0.493 e. The van der Waals surface area contributed by atoms with Crippen molar-refractivity contribution >= 4 is 39.7 Å². The van der Waals surface area contributed by atoms with Gasteiger partial charge in [0.1, 0.15) is 18.2 Å². The van der Waals surface area contributed by atoms with Crippen molar-refractivity contribution in [3.05, 3.63) is 67.4 Å². The molecule has 0 aliphatic rings. The molecule has 1 heterocycles. The van der Waals surface area contributed by atoms with Gasteiger partial charge in [-0.1, -0.05) is 17.7 Å². The predicted molar refractivity (Wildman–Crippen MR) is 112 cm³/mol. The van der Waals surface area contributed by atoms with E-state index >= 15 is 0 Å². The number of aryl methyl sites for hydroxylation is 1. The lowest BCUT2D eigenvalue weighted by Crippen LogP contribution is -2.16. The van der Waals surface area contributed by atoms with Crippen molar-refractivity contribution < 1.29 is 13.9 Å². The van der Waals surface area contributed by atoms with Crippen molar-refractivity contribution in [2.75, 3.05) is 12.5 Å². The Morgan fingerprint density at radius 1 is 1.39 bits per heavy atom. The summed E-state index contributed by atoms with van der Waals surface area (Å²) in [5.41, 5.74) is 4.39. The van der Waals surface area contributed by atoms with E-state index in [1.54, 1.807) is 16.8 Å². The number of hydrogen-bond acceptors (Lipinski definition) is 5. The highest BCUT2D eigenvalue weighted by molar-refractivity contribution is 9.10. The number of methoxy groups -OCH3 is 1. The minimum absolute atomic E-state index is 0.0263. The van der Waals surface area contributed by atoms with Crippen LogP contribution < -0.4 is 14.9 Å². The average Bonchev–Trinajstić information content (AvgIpc) is 2.98. The Bertz CT molecular complexity index is 1040. The van der Waals surface area contributed by atoms with E-state index in [9.17, 15) is 4.39 Å². The number of benzene rings is 2. The molecule has 0 fully saturated rings. The molecule has 3 rings (SSSR count). The molecule has 10 heteroatoms. The first-order valence-electron chi connectivity index (χ1n) is 8.20. The number of ether oxygens (including phenoxy) is 2. The second kappa shape index (κ2) is 8.93. The van der Waals surface area contributed by atoms with Gasteiger partial charge in [0.15, 0.2) is 11.5 Å². The van der Waals surface area contributed by atoms with Gasteiger partial charge in [0.25, 0.3) is 0 Å². The average molecular weight is 488 g/mol. The molecule has 3 aromatic rings. The molecule has 0 aliphatic heterocycles. The monoisotopic (exact) mass is 486 g/mol. The van der Waals surface area contributed by atoms with Crippen LogP contribution in [0.4, 0.5) is 4.39 Å². The second-order valence-corrected chi connectivity index (χ2v) is 7.49. The maximum absolute atomic E-state index is 14.0. The summed E-state index contributed by atoms with van der Waals surface area (Å²) in [6.07, 6.45) is 0. The van der Waals surface area contributed by atoms with E-state index in [-0.39, 0.29) is 12.2 Å². The van der Waals surface area contributed by atoms with Gasteiger partial charge < -0.3 is 14.9 Å². The van der Waals surface area contributed by atoms with Gasteiger partial charge >= 0.3 is 0 Å². The molecule has 148 valence electrons. The molecule has 0 spiro atoms. The molecule has 0 saturated heterocycles. The second-order valence-electron chi connectivity index (χ2n) is 5.84. The fourth-order valence-electron chi connectivity index (χ4n) is 2.56. The highest BCUT2D eigenvalue weighted by atomic mass is 79.9. The zero-order valence-corrected chi connectivity index (χ0v) is 18.2. The molecule has 0 unspecified atom stereocenters. The summed E-state index contributed by atoms with van der Waals surface area (Å²) in [7, 11) is 1.54. The Morgan fingerprint density at radius 3 is 2.82 bits per heavy atom. The van der Waals surface area contributed by atoms with E-state index in [0.717, 1.165) is 11.4 Å². The summed E-state index contributed by atoms with van der Waals surface area (Å²) < 4.78 is 28.0. The highest BCUT2D eigenvalue weighted by Crippen LogP contribution is 2.37. The molecule has 0 atom stereocenters. The number of halogens is 3. The summed E-state index contributed by atoms with van der Waals surface area (Å²) in [5, 5.41) is 7.07. The fourth-order valence-corrected chi connectivity index (χ4v) is 3.63. The predicted octanol–water partition coefficient (Wildman–Crippen LogP) is 5.14. The number of nitrogens with one attached hydrogen (secondary N) is 2. The Labute approximate surface area is 179 Å². The van der Waals surface area contributed by atoms with Crippen LogP contribution in [0, 0.1) is 17.5 Å². The van der Waals surface area contributed by atoms with Crippen LogP contribution in [0.1, 0.15) is 17.0 Å². The maximum Gasteiger partial charge on any atom is 0.214 e. The first-order valence-corrected chi connectivity index (χ1v) is 9.78. The Balaban J connectivity index is 1.79. The molecule has 2 aromatic carbocycles. The van der Waals surface area contributed by atoms with Crippen molar-refractivity contribution in [1.82, 2.24) is 14.9 Å². The summed E-state index contributed by atoms with van der Waals surface area (Å²) in [6.45, 7) is 2.28. The molecular formula is C18H17BrClFN4O2S. The highest BCUT2D eigenvalue weighted by Gasteiger charge is 2.15. The van der Waals surface area contributed by atoms with E-state index in [0.29, 0.717) is 32.3 Å². The normalized spacial score (nSPS) is 10.8. The topological polar surface area (TPSA) is 64.1 Å². The fraction of sp³-hybridized carbons (Fsp3) is 0.222. The van der Waals surface area contributed by atoms with Crippen molar-refractivity contribution in [3.8, 4) is 11.5 Å². The molecule has 0 radical (unpaired) electrons. The maximum atomic E-state index is 14.0. The molecule has 0 saturated carbocycles. The molecule has 2 N–H and O–H groups in total. The molecule has 28 heavy (non-hydrogen) atoms. The zero-order chi connectivity index (χ0) is 20.3. The van der Waals surface area contributed by atoms with Crippen molar-refractivity contribution in [1.29, 1.82) is 0 Å². The van der Waals surface area contributed by atoms with Crippen LogP contribution in [-0.2, 0) is 13.2 Å². The number of H-pyrrole nitrogens is 1. The smallest absolute Gasteiger partial charge is 0.214 e. The number of hydrogen-bond donors (Lipinski definition) is 2. The van der Waals surface area contributed by atoms with Crippen LogP contribution in [0.25, 0.3) is 0 Å². The number of aromatic nitrogens is 3. The van der Waals surface area contributed by atoms with Gasteiger partial charge in [-0.25, -0.2) is 9.07 Å². The molecule has 0 amide bonds. The van der Waals surface area contributed by atoms with Gasteiger partial charge in [-0.2, -0.15) is 5.10 Å². The number of rotatable bonds is 7. The van der Waals surface area contributed by atoms with E-state index in [1.165, 1.54) is 13.2 Å².